The highest BCUT2D eigenvalue weighted by atomic mass is 35.5. The van der Waals surface area contributed by atoms with Crippen molar-refractivity contribution >= 4 is 12.4 Å². The lowest BCUT2D eigenvalue weighted by atomic mass is 9.86. The second-order valence-corrected chi connectivity index (χ2v) is 8.73. The number of fused-ring (bicyclic) bond motifs is 1. The molecule has 28 heavy (non-hydrogen) atoms. The van der Waals surface area contributed by atoms with Crippen molar-refractivity contribution in [2.45, 2.75) is 58.0 Å². The molecular weight excluding hydrogens is 366 g/mol. The van der Waals surface area contributed by atoms with E-state index in [1.54, 1.807) is 5.56 Å². The minimum Gasteiger partial charge on any atom is -0.388 e. The first-order valence-electron chi connectivity index (χ1n) is 10.7. The first-order valence-corrected chi connectivity index (χ1v) is 10.7. The van der Waals surface area contributed by atoms with E-state index in [1.807, 2.05) is 0 Å². The largest absolute Gasteiger partial charge is 0.388 e. The van der Waals surface area contributed by atoms with Crippen LogP contribution in [-0.2, 0) is 6.42 Å². The van der Waals surface area contributed by atoms with Gasteiger partial charge in [-0.15, -0.1) is 12.4 Å². The predicted octanol–water partition coefficient (Wildman–Crippen LogP) is 5.59. The smallest absolute Gasteiger partial charge is 0.0795 e. The van der Waals surface area contributed by atoms with Gasteiger partial charge < -0.3 is 10.0 Å². The van der Waals surface area contributed by atoms with Crippen LogP contribution in [0, 0.1) is 19.8 Å². The van der Waals surface area contributed by atoms with E-state index < -0.39 is 0 Å². The van der Waals surface area contributed by atoms with Gasteiger partial charge in [-0.2, -0.15) is 0 Å². The Morgan fingerprint density at radius 2 is 1.57 bits per heavy atom. The van der Waals surface area contributed by atoms with E-state index in [1.165, 1.54) is 54.6 Å². The van der Waals surface area contributed by atoms with Crippen LogP contribution in [0.25, 0.3) is 0 Å². The molecule has 1 aliphatic carbocycles. The average molecular weight is 400 g/mol. The van der Waals surface area contributed by atoms with Gasteiger partial charge in [0.25, 0.3) is 0 Å². The van der Waals surface area contributed by atoms with Crippen LogP contribution in [0.2, 0.25) is 0 Å². The van der Waals surface area contributed by atoms with E-state index >= 15 is 0 Å². The summed E-state index contributed by atoms with van der Waals surface area (Å²) in [5.74, 6) is 1.32. The summed E-state index contributed by atoms with van der Waals surface area (Å²) in [5, 5.41) is 10.8. The normalized spacial score (nSPS) is 23.5. The number of rotatable bonds is 3. The highest BCUT2D eigenvalue weighted by Gasteiger charge is 2.27. The molecule has 2 aromatic carbocycles. The van der Waals surface area contributed by atoms with E-state index in [0.29, 0.717) is 11.8 Å². The summed E-state index contributed by atoms with van der Waals surface area (Å²) >= 11 is 0. The minimum absolute atomic E-state index is 0. The van der Waals surface area contributed by atoms with Crippen LogP contribution in [0.15, 0.2) is 42.5 Å². The fraction of sp³-hybridized carbons (Fsp3) is 0.520. The number of aliphatic hydroxyl groups is 1. The quantitative estimate of drug-likeness (QED) is 0.680. The Morgan fingerprint density at radius 3 is 2.32 bits per heavy atom. The maximum atomic E-state index is 10.8. The van der Waals surface area contributed by atoms with Crippen molar-refractivity contribution in [2.75, 3.05) is 19.6 Å². The average Bonchev–Trinajstić information content (AvgIpc) is 2.83. The second-order valence-electron chi connectivity index (χ2n) is 8.73. The molecule has 2 aliphatic rings. The molecule has 1 fully saturated rings. The van der Waals surface area contributed by atoms with Crippen LogP contribution in [0.3, 0.4) is 0 Å². The number of nitrogens with zero attached hydrogens (tertiary/aromatic N) is 1. The van der Waals surface area contributed by atoms with Gasteiger partial charge in [-0.3, -0.25) is 0 Å². The molecule has 0 bridgehead atoms. The molecule has 2 unspecified atom stereocenters. The predicted molar refractivity (Wildman–Crippen MR) is 119 cm³/mol. The maximum Gasteiger partial charge on any atom is 0.0795 e. The van der Waals surface area contributed by atoms with Gasteiger partial charge in [0.1, 0.15) is 0 Å². The van der Waals surface area contributed by atoms with Crippen molar-refractivity contribution in [3.63, 3.8) is 0 Å². The lowest BCUT2D eigenvalue weighted by molar-refractivity contribution is 0.117. The monoisotopic (exact) mass is 399 g/mol. The van der Waals surface area contributed by atoms with E-state index in [0.717, 1.165) is 19.4 Å². The summed E-state index contributed by atoms with van der Waals surface area (Å²) in [5.41, 5.74) is 6.90. The van der Waals surface area contributed by atoms with Gasteiger partial charge in [-0.05, 0) is 98.7 Å². The van der Waals surface area contributed by atoms with Gasteiger partial charge in [0.15, 0.2) is 0 Å². The van der Waals surface area contributed by atoms with Crippen LogP contribution in [0.4, 0.5) is 0 Å². The number of benzene rings is 2. The van der Waals surface area contributed by atoms with Crippen molar-refractivity contribution in [3.8, 4) is 0 Å². The Labute approximate surface area is 176 Å². The zero-order valence-electron chi connectivity index (χ0n) is 17.2. The van der Waals surface area contributed by atoms with Gasteiger partial charge in [0, 0.05) is 6.54 Å². The van der Waals surface area contributed by atoms with Gasteiger partial charge in [0.05, 0.1) is 6.10 Å². The summed E-state index contributed by atoms with van der Waals surface area (Å²) < 4.78 is 0. The van der Waals surface area contributed by atoms with Crippen LogP contribution >= 0.6 is 12.4 Å². The molecular formula is C25H34ClNO. The molecule has 3 heteroatoms. The van der Waals surface area contributed by atoms with Crippen molar-refractivity contribution in [1.82, 2.24) is 4.90 Å². The molecule has 2 nitrogen and oxygen atoms in total. The molecule has 4 rings (SSSR count). The molecule has 2 atom stereocenters. The Hall–Kier alpha value is -1.35. The summed E-state index contributed by atoms with van der Waals surface area (Å²) in [7, 11) is 0. The highest BCUT2D eigenvalue weighted by molar-refractivity contribution is 5.85. The van der Waals surface area contributed by atoms with Crippen LogP contribution < -0.4 is 0 Å². The zero-order valence-corrected chi connectivity index (χ0v) is 18.0. The van der Waals surface area contributed by atoms with Crippen LogP contribution in [-0.4, -0.2) is 29.6 Å². The van der Waals surface area contributed by atoms with E-state index in [-0.39, 0.29) is 18.5 Å². The number of aliphatic hydroxyl groups excluding tert-OH is 1. The van der Waals surface area contributed by atoms with Crippen molar-refractivity contribution < 1.29 is 5.11 Å². The number of hydrogen-bond donors (Lipinski definition) is 1. The molecule has 0 aromatic heterocycles. The molecule has 0 saturated carbocycles. The molecule has 0 spiro atoms. The zero-order chi connectivity index (χ0) is 18.8. The third-order valence-electron chi connectivity index (χ3n) is 6.90. The third-order valence-corrected chi connectivity index (χ3v) is 6.90. The Bertz CT molecular complexity index is 782. The van der Waals surface area contributed by atoms with Crippen molar-refractivity contribution in [2.24, 2.45) is 5.92 Å². The first kappa shape index (κ1) is 21.4. The summed E-state index contributed by atoms with van der Waals surface area (Å²) in [6.45, 7) is 7.95. The number of halogens is 1. The summed E-state index contributed by atoms with van der Waals surface area (Å²) in [4.78, 5) is 2.65. The van der Waals surface area contributed by atoms with Crippen molar-refractivity contribution in [1.29, 1.82) is 0 Å². The Balaban J connectivity index is 0.00000225. The number of hydrogen-bond acceptors (Lipinski definition) is 2. The minimum atomic E-state index is -0.295. The lowest BCUT2D eigenvalue weighted by Crippen LogP contribution is -2.37. The number of piperidine rings is 1. The molecule has 0 amide bonds. The van der Waals surface area contributed by atoms with Crippen LogP contribution in [0.1, 0.15) is 65.5 Å². The fourth-order valence-electron chi connectivity index (χ4n) is 5.29. The molecule has 152 valence electrons. The highest BCUT2D eigenvalue weighted by Crippen LogP contribution is 2.35. The maximum absolute atomic E-state index is 10.8. The number of aryl methyl sites for hydroxylation is 2. The van der Waals surface area contributed by atoms with Crippen molar-refractivity contribution in [3.05, 3.63) is 70.3 Å². The topological polar surface area (TPSA) is 23.5 Å². The second kappa shape index (κ2) is 9.43. The Morgan fingerprint density at radius 1 is 0.893 bits per heavy atom. The molecule has 0 radical (unpaired) electrons. The first-order chi connectivity index (χ1) is 13.1. The summed E-state index contributed by atoms with van der Waals surface area (Å²) in [6.07, 6.45) is 5.46. The van der Waals surface area contributed by atoms with E-state index in [9.17, 15) is 5.11 Å². The molecule has 1 N–H and O–H groups in total. The Kier molecular flexibility index (Phi) is 7.20. The molecule has 1 aliphatic heterocycles. The fourth-order valence-corrected chi connectivity index (χ4v) is 5.29. The van der Waals surface area contributed by atoms with E-state index in [2.05, 4.69) is 61.2 Å². The molecule has 1 saturated heterocycles. The lowest BCUT2D eigenvalue weighted by Gasteiger charge is -2.35. The van der Waals surface area contributed by atoms with Crippen LogP contribution in [0.5, 0.6) is 0 Å². The summed E-state index contributed by atoms with van der Waals surface area (Å²) in [6, 6.07) is 15.3. The van der Waals surface area contributed by atoms with Gasteiger partial charge in [-0.25, -0.2) is 0 Å². The van der Waals surface area contributed by atoms with E-state index in [4.69, 9.17) is 0 Å². The van der Waals surface area contributed by atoms with Gasteiger partial charge >= 0.3 is 0 Å². The standard InChI is InChI=1S/C25H33NO.ClH/c1-18-6-3-4-8-22(18)21-12-14-26(15-13-21)17-20-10-11-23-19(2)7-5-9-24(23)25(27)16-20;/h3-9,20-21,25,27H,10-17H2,1-2H3;1H. The molecule has 2 aromatic rings. The number of likely N-dealkylation sites (tertiary alicyclic amines) is 1. The van der Waals surface area contributed by atoms with Gasteiger partial charge in [0.2, 0.25) is 0 Å². The SMILES string of the molecule is Cc1ccccc1C1CCN(CC2CCc3c(C)cccc3C(O)C2)CC1.Cl. The molecule has 1 heterocycles. The van der Waals surface area contributed by atoms with Gasteiger partial charge in [-0.1, -0.05) is 42.5 Å². The third kappa shape index (κ3) is 4.62.